The van der Waals surface area contributed by atoms with E-state index in [1.165, 1.54) is 20.5 Å². The van der Waals surface area contributed by atoms with Gasteiger partial charge in [0.25, 0.3) is 0 Å². The Hall–Kier alpha value is -0.510. The minimum absolute atomic E-state index is 0.634. The van der Waals surface area contributed by atoms with E-state index in [-0.39, 0.29) is 0 Å². The lowest BCUT2D eigenvalue weighted by atomic mass is 10.1. The number of nitrogens with two attached hydrogens (primary N) is 1. The summed E-state index contributed by atoms with van der Waals surface area (Å²) in [4.78, 5) is 1.45. The van der Waals surface area contributed by atoms with E-state index in [1.807, 2.05) is 23.1 Å². The van der Waals surface area contributed by atoms with Crippen LogP contribution >= 0.6 is 23.1 Å². The van der Waals surface area contributed by atoms with Gasteiger partial charge in [-0.1, -0.05) is 32.0 Å². The minimum atomic E-state index is 0.634. The standard InChI is InChI=1S/C13H17NS2/c1-9(2)15-8-12-6-10-4-3-5-11(7-14)13(10)16-12/h3-6,9H,7-8,14H2,1-2H3. The third-order valence-electron chi connectivity index (χ3n) is 2.46. The zero-order valence-corrected chi connectivity index (χ0v) is 11.3. The van der Waals surface area contributed by atoms with Crippen LogP contribution in [0.2, 0.25) is 0 Å². The third kappa shape index (κ3) is 2.59. The molecule has 0 bridgehead atoms. The number of hydrogen-bond donors (Lipinski definition) is 1. The van der Waals surface area contributed by atoms with E-state index in [1.54, 1.807) is 0 Å². The quantitative estimate of drug-likeness (QED) is 0.888. The van der Waals surface area contributed by atoms with Crippen LogP contribution in [-0.2, 0) is 12.3 Å². The van der Waals surface area contributed by atoms with Gasteiger partial charge in [0.05, 0.1) is 0 Å². The Bertz CT molecular complexity index is 474. The fourth-order valence-electron chi connectivity index (χ4n) is 1.66. The van der Waals surface area contributed by atoms with E-state index in [9.17, 15) is 0 Å². The summed E-state index contributed by atoms with van der Waals surface area (Å²) in [6.07, 6.45) is 0. The second-order valence-electron chi connectivity index (χ2n) is 4.11. The molecule has 1 nitrogen and oxygen atoms in total. The highest BCUT2D eigenvalue weighted by atomic mass is 32.2. The molecule has 2 rings (SSSR count). The van der Waals surface area contributed by atoms with E-state index in [0.717, 1.165) is 5.75 Å². The molecule has 0 saturated heterocycles. The largest absolute Gasteiger partial charge is 0.326 e. The van der Waals surface area contributed by atoms with E-state index in [4.69, 9.17) is 5.73 Å². The number of rotatable bonds is 4. The number of fused-ring (bicyclic) bond motifs is 1. The van der Waals surface area contributed by atoms with Crippen LogP contribution in [0.15, 0.2) is 24.3 Å². The highest BCUT2D eigenvalue weighted by molar-refractivity contribution is 7.99. The Kier molecular flexibility index (Phi) is 3.90. The van der Waals surface area contributed by atoms with Crippen molar-refractivity contribution in [2.75, 3.05) is 0 Å². The average molecular weight is 251 g/mol. The lowest BCUT2D eigenvalue weighted by Crippen LogP contribution is -1.95. The molecule has 0 aliphatic heterocycles. The fraction of sp³-hybridized carbons (Fsp3) is 0.385. The molecule has 0 aliphatic carbocycles. The number of thiophene rings is 1. The first kappa shape index (κ1) is 12.0. The maximum atomic E-state index is 5.75. The molecule has 2 aromatic rings. The van der Waals surface area contributed by atoms with Crippen molar-refractivity contribution in [3.8, 4) is 0 Å². The SMILES string of the molecule is CC(C)SCc1cc2cccc(CN)c2s1. The van der Waals surface area contributed by atoms with Crippen molar-refractivity contribution < 1.29 is 0 Å². The number of benzene rings is 1. The monoisotopic (exact) mass is 251 g/mol. The average Bonchev–Trinajstić information content (AvgIpc) is 2.68. The van der Waals surface area contributed by atoms with Crippen molar-refractivity contribution in [1.29, 1.82) is 0 Å². The van der Waals surface area contributed by atoms with E-state index >= 15 is 0 Å². The van der Waals surface area contributed by atoms with Gasteiger partial charge in [-0.2, -0.15) is 11.8 Å². The molecule has 0 atom stereocenters. The Morgan fingerprint density at radius 2 is 2.19 bits per heavy atom. The fourth-order valence-corrected chi connectivity index (χ4v) is 3.65. The molecule has 2 N–H and O–H groups in total. The summed E-state index contributed by atoms with van der Waals surface area (Å²) in [5.74, 6) is 1.11. The predicted molar refractivity (Wildman–Crippen MR) is 76.1 cm³/mol. The van der Waals surface area contributed by atoms with Gasteiger partial charge in [-0.25, -0.2) is 0 Å². The Balaban J connectivity index is 2.29. The molecular weight excluding hydrogens is 234 g/mol. The summed E-state index contributed by atoms with van der Waals surface area (Å²) in [6.45, 7) is 5.11. The van der Waals surface area contributed by atoms with E-state index in [0.29, 0.717) is 11.8 Å². The van der Waals surface area contributed by atoms with Gasteiger partial charge < -0.3 is 5.73 Å². The van der Waals surface area contributed by atoms with Crippen LogP contribution in [0, 0.1) is 0 Å². The Morgan fingerprint density at radius 1 is 1.38 bits per heavy atom. The lowest BCUT2D eigenvalue weighted by molar-refractivity contribution is 1.09. The molecule has 0 radical (unpaired) electrons. The van der Waals surface area contributed by atoms with Crippen LogP contribution < -0.4 is 5.73 Å². The van der Waals surface area contributed by atoms with Crippen molar-refractivity contribution in [2.24, 2.45) is 5.73 Å². The summed E-state index contributed by atoms with van der Waals surface area (Å²) in [6, 6.07) is 8.69. The Labute approximate surface area is 105 Å². The van der Waals surface area contributed by atoms with Crippen molar-refractivity contribution in [3.63, 3.8) is 0 Å². The van der Waals surface area contributed by atoms with Gasteiger partial charge in [-0.3, -0.25) is 0 Å². The second-order valence-corrected chi connectivity index (χ2v) is 6.81. The maximum Gasteiger partial charge on any atom is 0.0390 e. The van der Waals surface area contributed by atoms with Crippen LogP contribution in [0.4, 0.5) is 0 Å². The third-order valence-corrected chi connectivity index (χ3v) is 5.01. The predicted octanol–water partition coefficient (Wildman–Crippen LogP) is 4.00. The van der Waals surface area contributed by atoms with Crippen LogP contribution in [0.25, 0.3) is 10.1 Å². The van der Waals surface area contributed by atoms with Gasteiger partial charge in [0.1, 0.15) is 0 Å². The van der Waals surface area contributed by atoms with Gasteiger partial charge in [-0.15, -0.1) is 11.3 Å². The number of thioether (sulfide) groups is 1. The van der Waals surface area contributed by atoms with Crippen molar-refractivity contribution >= 4 is 33.2 Å². The zero-order chi connectivity index (χ0) is 11.5. The van der Waals surface area contributed by atoms with Gasteiger partial charge in [0.2, 0.25) is 0 Å². The second kappa shape index (κ2) is 5.21. The molecule has 1 aromatic heterocycles. The van der Waals surface area contributed by atoms with Crippen LogP contribution in [-0.4, -0.2) is 5.25 Å². The molecule has 0 spiro atoms. The molecule has 86 valence electrons. The van der Waals surface area contributed by atoms with Crippen LogP contribution in [0.1, 0.15) is 24.3 Å². The highest BCUT2D eigenvalue weighted by Gasteiger charge is 2.06. The normalized spacial score (nSPS) is 11.5. The minimum Gasteiger partial charge on any atom is -0.326 e. The molecule has 1 aromatic carbocycles. The first-order valence-electron chi connectivity index (χ1n) is 5.52. The topological polar surface area (TPSA) is 26.0 Å². The lowest BCUT2D eigenvalue weighted by Gasteiger charge is -2.01. The van der Waals surface area contributed by atoms with Crippen molar-refractivity contribution in [2.45, 2.75) is 31.4 Å². The van der Waals surface area contributed by atoms with Gasteiger partial charge in [0, 0.05) is 21.9 Å². The summed E-state index contributed by atoms with van der Waals surface area (Å²) < 4.78 is 1.37. The number of hydrogen-bond acceptors (Lipinski definition) is 3. The molecule has 0 amide bonds. The summed E-state index contributed by atoms with van der Waals surface area (Å²) >= 11 is 3.88. The van der Waals surface area contributed by atoms with Crippen LogP contribution in [0.5, 0.6) is 0 Å². The molecule has 1 heterocycles. The summed E-state index contributed by atoms with van der Waals surface area (Å²) in [5, 5.41) is 2.03. The first-order valence-corrected chi connectivity index (χ1v) is 7.39. The van der Waals surface area contributed by atoms with Gasteiger partial charge in [-0.05, 0) is 22.3 Å². The molecule has 0 fully saturated rings. The van der Waals surface area contributed by atoms with Crippen LogP contribution in [0.3, 0.4) is 0 Å². The summed E-state index contributed by atoms with van der Waals surface area (Å²) in [7, 11) is 0. The van der Waals surface area contributed by atoms with Gasteiger partial charge in [0.15, 0.2) is 0 Å². The molecule has 0 aliphatic rings. The first-order chi connectivity index (χ1) is 7.70. The highest BCUT2D eigenvalue weighted by Crippen LogP contribution is 2.31. The van der Waals surface area contributed by atoms with E-state index < -0.39 is 0 Å². The smallest absolute Gasteiger partial charge is 0.0390 e. The summed E-state index contributed by atoms with van der Waals surface area (Å²) in [5.41, 5.74) is 7.02. The molecule has 16 heavy (non-hydrogen) atoms. The molecule has 0 saturated carbocycles. The molecule has 0 unspecified atom stereocenters. The maximum absolute atomic E-state index is 5.75. The van der Waals surface area contributed by atoms with Crippen molar-refractivity contribution in [3.05, 3.63) is 34.7 Å². The van der Waals surface area contributed by atoms with Gasteiger partial charge >= 0.3 is 0 Å². The van der Waals surface area contributed by atoms with Crippen molar-refractivity contribution in [1.82, 2.24) is 0 Å². The molecular formula is C13H17NS2. The zero-order valence-electron chi connectivity index (χ0n) is 9.69. The van der Waals surface area contributed by atoms with E-state index in [2.05, 4.69) is 38.1 Å². The Morgan fingerprint density at radius 3 is 2.88 bits per heavy atom. The molecule has 3 heteroatoms.